The van der Waals surface area contributed by atoms with Crippen LogP contribution in [0.15, 0.2) is 0 Å². The summed E-state index contributed by atoms with van der Waals surface area (Å²) in [5, 5.41) is 17.2. The molecule has 0 saturated heterocycles. The van der Waals surface area contributed by atoms with E-state index in [1.54, 1.807) is 0 Å². The number of hydrogen-bond donors (Lipinski definition) is 1. The Morgan fingerprint density at radius 3 is 2.50 bits per heavy atom. The molecular formula is C12H22N2O2. The summed E-state index contributed by atoms with van der Waals surface area (Å²) >= 11 is 0. The molecule has 4 heteroatoms. The summed E-state index contributed by atoms with van der Waals surface area (Å²) in [6.07, 6.45) is 1.35. The van der Waals surface area contributed by atoms with Gasteiger partial charge in [-0.1, -0.05) is 13.8 Å². The predicted octanol–water partition coefficient (Wildman–Crippen LogP) is 2.11. The van der Waals surface area contributed by atoms with E-state index in [9.17, 15) is 4.79 Å². The van der Waals surface area contributed by atoms with E-state index >= 15 is 0 Å². The first-order valence-corrected chi connectivity index (χ1v) is 5.80. The smallest absolute Gasteiger partial charge is 0.303 e. The Morgan fingerprint density at radius 1 is 1.44 bits per heavy atom. The fourth-order valence-corrected chi connectivity index (χ4v) is 1.67. The molecule has 0 aliphatic heterocycles. The van der Waals surface area contributed by atoms with Gasteiger partial charge in [0.25, 0.3) is 0 Å². The predicted molar refractivity (Wildman–Crippen MR) is 63.0 cm³/mol. The van der Waals surface area contributed by atoms with E-state index in [1.165, 1.54) is 0 Å². The second kappa shape index (κ2) is 8.12. The highest BCUT2D eigenvalue weighted by atomic mass is 16.4. The second-order valence-corrected chi connectivity index (χ2v) is 4.58. The Kier molecular flexibility index (Phi) is 7.57. The first kappa shape index (κ1) is 14.9. The molecule has 92 valence electrons. The second-order valence-electron chi connectivity index (χ2n) is 4.58. The molecule has 1 N–H and O–H groups in total. The van der Waals surface area contributed by atoms with Gasteiger partial charge in [-0.25, -0.2) is 0 Å². The third-order valence-electron chi connectivity index (χ3n) is 2.51. The fraction of sp³-hybridized carbons (Fsp3) is 0.833. The molecule has 1 unspecified atom stereocenters. The molecule has 4 nitrogen and oxygen atoms in total. The van der Waals surface area contributed by atoms with Gasteiger partial charge < -0.3 is 5.11 Å². The van der Waals surface area contributed by atoms with Crippen molar-refractivity contribution in [3.63, 3.8) is 0 Å². The van der Waals surface area contributed by atoms with Crippen molar-refractivity contribution in [3.8, 4) is 6.07 Å². The number of rotatable bonds is 8. The third-order valence-corrected chi connectivity index (χ3v) is 2.51. The Hall–Kier alpha value is -1.08. The number of nitriles is 1. The Labute approximate surface area is 97.9 Å². The lowest BCUT2D eigenvalue weighted by Gasteiger charge is -2.29. The zero-order chi connectivity index (χ0) is 12.6. The summed E-state index contributed by atoms with van der Waals surface area (Å²) in [5.74, 6) is -0.220. The molecule has 0 aliphatic rings. The SMILES string of the molecule is CC(C)CN(CCC#N)C(C)CCC(=O)O. The number of aliphatic carboxylic acids is 1. The Morgan fingerprint density at radius 2 is 2.06 bits per heavy atom. The van der Waals surface area contributed by atoms with Gasteiger partial charge >= 0.3 is 5.97 Å². The first-order valence-electron chi connectivity index (χ1n) is 5.80. The maximum absolute atomic E-state index is 10.5. The maximum Gasteiger partial charge on any atom is 0.303 e. The van der Waals surface area contributed by atoms with Gasteiger partial charge in [0, 0.05) is 32.0 Å². The van der Waals surface area contributed by atoms with Crippen LogP contribution in [-0.4, -0.2) is 35.1 Å². The van der Waals surface area contributed by atoms with Gasteiger partial charge in [0.1, 0.15) is 0 Å². The number of hydrogen-bond acceptors (Lipinski definition) is 3. The van der Waals surface area contributed by atoms with Crippen LogP contribution in [0.5, 0.6) is 0 Å². The highest BCUT2D eigenvalue weighted by Gasteiger charge is 2.15. The Balaban J connectivity index is 4.14. The largest absolute Gasteiger partial charge is 0.481 e. The van der Waals surface area contributed by atoms with Gasteiger partial charge in [-0.15, -0.1) is 0 Å². The van der Waals surface area contributed by atoms with Crippen LogP contribution in [0.3, 0.4) is 0 Å². The van der Waals surface area contributed by atoms with E-state index in [4.69, 9.17) is 10.4 Å². The molecule has 0 rings (SSSR count). The lowest BCUT2D eigenvalue weighted by Crippen LogP contribution is -2.37. The van der Waals surface area contributed by atoms with E-state index in [1.807, 2.05) is 6.92 Å². The number of carboxylic acids is 1. The standard InChI is InChI=1S/C12H22N2O2/c1-10(2)9-14(8-4-7-13)11(3)5-6-12(15)16/h10-11H,4-6,8-9H2,1-3H3,(H,15,16). The topological polar surface area (TPSA) is 64.3 Å². The van der Waals surface area contributed by atoms with E-state index in [0.717, 1.165) is 13.1 Å². The van der Waals surface area contributed by atoms with Crippen LogP contribution in [0, 0.1) is 17.2 Å². The normalized spacial score (nSPS) is 12.8. The quantitative estimate of drug-likeness (QED) is 0.688. The zero-order valence-electron chi connectivity index (χ0n) is 10.4. The molecule has 0 heterocycles. The molecule has 0 aromatic rings. The van der Waals surface area contributed by atoms with Crippen LogP contribution in [-0.2, 0) is 4.79 Å². The van der Waals surface area contributed by atoms with Crippen LogP contribution < -0.4 is 0 Å². The molecule has 0 aliphatic carbocycles. The lowest BCUT2D eigenvalue weighted by molar-refractivity contribution is -0.137. The molecule has 1 atom stereocenters. The average molecular weight is 226 g/mol. The molecule has 0 fully saturated rings. The lowest BCUT2D eigenvalue weighted by atomic mass is 10.1. The monoisotopic (exact) mass is 226 g/mol. The number of carboxylic acid groups (broad SMARTS) is 1. The van der Waals surface area contributed by atoms with E-state index in [-0.39, 0.29) is 12.5 Å². The molecule has 0 aromatic heterocycles. The van der Waals surface area contributed by atoms with E-state index < -0.39 is 5.97 Å². The molecule has 16 heavy (non-hydrogen) atoms. The minimum atomic E-state index is -0.753. The number of carbonyl (C=O) groups is 1. The van der Waals surface area contributed by atoms with Crippen LogP contribution in [0.1, 0.15) is 40.0 Å². The van der Waals surface area contributed by atoms with Crippen molar-refractivity contribution in [2.75, 3.05) is 13.1 Å². The summed E-state index contributed by atoms with van der Waals surface area (Å²) in [6, 6.07) is 2.36. The van der Waals surface area contributed by atoms with E-state index in [2.05, 4.69) is 24.8 Å². The van der Waals surface area contributed by atoms with Gasteiger partial charge in [0.05, 0.1) is 6.07 Å². The molecule has 0 bridgehead atoms. The van der Waals surface area contributed by atoms with Crippen molar-refractivity contribution in [1.82, 2.24) is 4.90 Å². The summed E-state index contributed by atoms with van der Waals surface area (Å²) in [5.41, 5.74) is 0. The summed E-state index contributed by atoms with van der Waals surface area (Å²) < 4.78 is 0. The first-order chi connectivity index (χ1) is 7.47. The molecule has 0 saturated carbocycles. The van der Waals surface area contributed by atoms with Gasteiger partial charge in [0.15, 0.2) is 0 Å². The third kappa shape index (κ3) is 7.24. The van der Waals surface area contributed by atoms with Crippen molar-refractivity contribution < 1.29 is 9.90 Å². The van der Waals surface area contributed by atoms with Crippen molar-refractivity contribution in [2.45, 2.75) is 46.1 Å². The molecule has 0 aromatic carbocycles. The molecule has 0 amide bonds. The summed E-state index contributed by atoms with van der Waals surface area (Å²) in [7, 11) is 0. The van der Waals surface area contributed by atoms with Gasteiger partial charge in [-0.2, -0.15) is 5.26 Å². The van der Waals surface area contributed by atoms with Crippen LogP contribution in [0.4, 0.5) is 0 Å². The van der Waals surface area contributed by atoms with Gasteiger partial charge in [-0.3, -0.25) is 9.69 Å². The van der Waals surface area contributed by atoms with Crippen molar-refractivity contribution >= 4 is 5.97 Å². The minimum absolute atomic E-state index is 0.197. The summed E-state index contributed by atoms with van der Waals surface area (Å²) in [4.78, 5) is 12.7. The van der Waals surface area contributed by atoms with Gasteiger partial charge in [0.2, 0.25) is 0 Å². The minimum Gasteiger partial charge on any atom is -0.481 e. The average Bonchev–Trinajstić information content (AvgIpc) is 2.20. The maximum atomic E-state index is 10.5. The van der Waals surface area contributed by atoms with Gasteiger partial charge in [-0.05, 0) is 19.3 Å². The van der Waals surface area contributed by atoms with E-state index in [0.29, 0.717) is 18.8 Å². The van der Waals surface area contributed by atoms with Crippen molar-refractivity contribution in [2.24, 2.45) is 5.92 Å². The highest BCUT2D eigenvalue weighted by Crippen LogP contribution is 2.10. The summed E-state index contributed by atoms with van der Waals surface area (Å²) in [6.45, 7) is 7.94. The molecule has 0 spiro atoms. The molecule has 0 radical (unpaired) electrons. The van der Waals surface area contributed by atoms with Crippen molar-refractivity contribution in [1.29, 1.82) is 5.26 Å². The van der Waals surface area contributed by atoms with Crippen molar-refractivity contribution in [3.05, 3.63) is 0 Å². The zero-order valence-corrected chi connectivity index (χ0v) is 10.4. The fourth-order valence-electron chi connectivity index (χ4n) is 1.67. The van der Waals surface area contributed by atoms with Crippen LogP contribution in [0.25, 0.3) is 0 Å². The Bertz CT molecular complexity index is 246. The van der Waals surface area contributed by atoms with Crippen LogP contribution >= 0.6 is 0 Å². The highest BCUT2D eigenvalue weighted by molar-refractivity contribution is 5.66. The number of nitrogens with zero attached hydrogens (tertiary/aromatic N) is 2. The molecular weight excluding hydrogens is 204 g/mol. The van der Waals surface area contributed by atoms with Crippen LogP contribution in [0.2, 0.25) is 0 Å².